The number of ketones is 1. The maximum Gasteiger partial charge on any atom is 0.336 e. The summed E-state index contributed by atoms with van der Waals surface area (Å²) in [5.41, 5.74) is -0.949. The molecule has 0 saturated heterocycles. The Hall–Kier alpha value is -3.75. The largest absolute Gasteiger partial charge is 0.480 e. The molecule has 0 aliphatic rings. The molecule has 0 atom stereocenters. The highest BCUT2D eigenvalue weighted by Gasteiger charge is 2.21. The Labute approximate surface area is 140 Å². The maximum absolute atomic E-state index is 12.5. The fourth-order valence-corrected chi connectivity index (χ4v) is 2.17. The molecule has 128 valence electrons. The SMILES string of the molecule is O=C(O)CNc1ccc(C(=O)c2ccccc2C(=O)O)cc1[N+](=O)[O-]. The number of nitro benzene ring substituents is 1. The number of carboxylic acids is 2. The summed E-state index contributed by atoms with van der Waals surface area (Å²) in [6.07, 6.45) is 0. The number of aromatic carboxylic acids is 1. The third kappa shape index (κ3) is 3.96. The Balaban J connectivity index is 2.45. The second kappa shape index (κ2) is 7.21. The second-order valence-corrected chi connectivity index (χ2v) is 4.92. The first-order valence-corrected chi connectivity index (χ1v) is 6.92. The summed E-state index contributed by atoms with van der Waals surface area (Å²) in [5, 5.41) is 31.3. The van der Waals surface area contributed by atoms with Crippen molar-refractivity contribution in [1.82, 2.24) is 0 Å². The molecule has 0 saturated carbocycles. The number of nitrogens with zero attached hydrogens (tertiary/aromatic N) is 1. The number of anilines is 1. The summed E-state index contributed by atoms with van der Waals surface area (Å²) in [6, 6.07) is 8.96. The van der Waals surface area contributed by atoms with Crippen molar-refractivity contribution in [3.63, 3.8) is 0 Å². The number of hydrogen-bond donors (Lipinski definition) is 3. The molecule has 2 rings (SSSR count). The van der Waals surface area contributed by atoms with Crippen LogP contribution in [0.5, 0.6) is 0 Å². The topological polar surface area (TPSA) is 147 Å². The molecular formula is C16H12N2O7. The molecule has 0 amide bonds. The number of carboxylic acid groups (broad SMARTS) is 2. The van der Waals surface area contributed by atoms with Crippen LogP contribution in [0.4, 0.5) is 11.4 Å². The van der Waals surface area contributed by atoms with Crippen LogP contribution >= 0.6 is 0 Å². The molecule has 0 aliphatic carbocycles. The van der Waals surface area contributed by atoms with E-state index in [2.05, 4.69) is 5.32 Å². The van der Waals surface area contributed by atoms with Crippen LogP contribution < -0.4 is 5.32 Å². The number of carbonyl (C=O) groups excluding carboxylic acids is 1. The predicted molar refractivity (Wildman–Crippen MR) is 86.1 cm³/mol. The number of benzene rings is 2. The minimum atomic E-state index is -1.29. The number of hydrogen-bond acceptors (Lipinski definition) is 6. The Morgan fingerprint density at radius 2 is 1.68 bits per heavy atom. The summed E-state index contributed by atoms with van der Waals surface area (Å²) in [7, 11) is 0. The summed E-state index contributed by atoms with van der Waals surface area (Å²) in [4.78, 5) is 44.7. The van der Waals surface area contributed by atoms with Crippen molar-refractivity contribution < 1.29 is 29.5 Å². The van der Waals surface area contributed by atoms with Gasteiger partial charge in [0.25, 0.3) is 5.69 Å². The molecule has 0 heterocycles. The minimum absolute atomic E-state index is 0.0598. The maximum atomic E-state index is 12.5. The minimum Gasteiger partial charge on any atom is -0.480 e. The quantitative estimate of drug-likeness (QED) is 0.392. The van der Waals surface area contributed by atoms with Gasteiger partial charge < -0.3 is 15.5 Å². The fraction of sp³-hybridized carbons (Fsp3) is 0.0625. The average Bonchev–Trinajstić information content (AvgIpc) is 2.59. The monoisotopic (exact) mass is 344 g/mol. The first kappa shape index (κ1) is 17.6. The lowest BCUT2D eigenvalue weighted by molar-refractivity contribution is -0.384. The van der Waals surface area contributed by atoms with Crippen LogP contribution in [-0.2, 0) is 4.79 Å². The van der Waals surface area contributed by atoms with Crippen molar-refractivity contribution >= 4 is 29.1 Å². The Kier molecular flexibility index (Phi) is 5.08. The average molecular weight is 344 g/mol. The Morgan fingerprint density at radius 3 is 2.24 bits per heavy atom. The van der Waals surface area contributed by atoms with E-state index >= 15 is 0 Å². The van der Waals surface area contributed by atoms with Gasteiger partial charge >= 0.3 is 11.9 Å². The van der Waals surface area contributed by atoms with E-state index in [0.29, 0.717) is 0 Å². The lowest BCUT2D eigenvalue weighted by atomic mass is 9.97. The molecule has 9 nitrogen and oxygen atoms in total. The van der Waals surface area contributed by atoms with Crippen LogP contribution in [0, 0.1) is 10.1 Å². The molecule has 9 heteroatoms. The van der Waals surface area contributed by atoms with E-state index in [1.54, 1.807) is 0 Å². The number of carbonyl (C=O) groups is 3. The van der Waals surface area contributed by atoms with Gasteiger partial charge in [0.05, 0.1) is 10.5 Å². The van der Waals surface area contributed by atoms with E-state index in [9.17, 15) is 24.5 Å². The Morgan fingerprint density at radius 1 is 1.04 bits per heavy atom. The molecule has 0 radical (unpaired) electrons. The Bertz CT molecular complexity index is 877. The van der Waals surface area contributed by atoms with Gasteiger partial charge in [-0.05, 0) is 18.2 Å². The normalized spacial score (nSPS) is 10.1. The molecule has 0 aliphatic heterocycles. The third-order valence-electron chi connectivity index (χ3n) is 3.29. The summed E-state index contributed by atoms with van der Waals surface area (Å²) in [6.45, 7) is -0.532. The number of nitrogens with one attached hydrogen (secondary N) is 1. The standard InChI is InChI=1S/C16H12N2O7/c19-14(20)8-17-12-6-5-9(7-13(12)18(24)25)15(21)10-3-1-2-4-11(10)16(22)23/h1-7,17H,8H2,(H,19,20)(H,22,23). The van der Waals surface area contributed by atoms with Crippen LogP contribution in [0.1, 0.15) is 26.3 Å². The van der Waals surface area contributed by atoms with E-state index in [4.69, 9.17) is 10.2 Å². The van der Waals surface area contributed by atoms with E-state index in [0.717, 1.165) is 6.07 Å². The van der Waals surface area contributed by atoms with Crippen molar-refractivity contribution in [2.24, 2.45) is 0 Å². The molecule has 2 aromatic rings. The first-order chi connectivity index (χ1) is 11.8. The van der Waals surface area contributed by atoms with Gasteiger partial charge in [-0.15, -0.1) is 0 Å². The van der Waals surface area contributed by atoms with Crippen LogP contribution in [0.3, 0.4) is 0 Å². The highest BCUT2D eigenvalue weighted by molar-refractivity contribution is 6.14. The van der Waals surface area contributed by atoms with Crippen LogP contribution in [0.2, 0.25) is 0 Å². The van der Waals surface area contributed by atoms with Crippen molar-refractivity contribution in [1.29, 1.82) is 0 Å². The second-order valence-electron chi connectivity index (χ2n) is 4.92. The van der Waals surface area contributed by atoms with Gasteiger partial charge in [-0.3, -0.25) is 19.7 Å². The predicted octanol–water partition coefficient (Wildman–Crippen LogP) is 2.02. The van der Waals surface area contributed by atoms with Gasteiger partial charge in [-0.2, -0.15) is 0 Å². The van der Waals surface area contributed by atoms with E-state index in [1.807, 2.05) is 0 Å². The van der Waals surface area contributed by atoms with Crippen LogP contribution in [-0.4, -0.2) is 39.4 Å². The smallest absolute Gasteiger partial charge is 0.336 e. The third-order valence-corrected chi connectivity index (χ3v) is 3.29. The summed E-state index contributed by atoms with van der Waals surface area (Å²) in [5.74, 6) is -3.19. The number of nitro groups is 1. The number of rotatable bonds is 7. The lowest BCUT2D eigenvalue weighted by Crippen LogP contribution is -2.14. The molecule has 2 aromatic carbocycles. The fourth-order valence-electron chi connectivity index (χ4n) is 2.17. The van der Waals surface area contributed by atoms with E-state index in [-0.39, 0.29) is 22.4 Å². The zero-order valence-electron chi connectivity index (χ0n) is 12.6. The first-order valence-electron chi connectivity index (χ1n) is 6.92. The van der Waals surface area contributed by atoms with Gasteiger partial charge in [0.2, 0.25) is 0 Å². The van der Waals surface area contributed by atoms with Gasteiger partial charge in [0.15, 0.2) is 5.78 Å². The molecule has 0 spiro atoms. The molecular weight excluding hydrogens is 332 g/mol. The van der Waals surface area contributed by atoms with E-state index in [1.165, 1.54) is 36.4 Å². The van der Waals surface area contributed by atoms with Gasteiger partial charge in [-0.25, -0.2) is 4.79 Å². The van der Waals surface area contributed by atoms with Crippen molar-refractivity contribution in [2.75, 3.05) is 11.9 Å². The summed E-state index contributed by atoms with van der Waals surface area (Å²) < 4.78 is 0. The molecule has 0 unspecified atom stereocenters. The van der Waals surface area contributed by atoms with Crippen LogP contribution in [0.15, 0.2) is 42.5 Å². The van der Waals surface area contributed by atoms with Crippen molar-refractivity contribution in [3.05, 3.63) is 69.3 Å². The lowest BCUT2D eigenvalue weighted by Gasteiger charge is -2.08. The van der Waals surface area contributed by atoms with Crippen molar-refractivity contribution in [2.45, 2.75) is 0 Å². The van der Waals surface area contributed by atoms with Gasteiger partial charge in [0.1, 0.15) is 12.2 Å². The molecule has 0 fully saturated rings. The molecule has 25 heavy (non-hydrogen) atoms. The van der Waals surface area contributed by atoms with Gasteiger partial charge in [-0.1, -0.05) is 18.2 Å². The van der Waals surface area contributed by atoms with Gasteiger partial charge in [0, 0.05) is 17.2 Å². The molecule has 0 bridgehead atoms. The van der Waals surface area contributed by atoms with E-state index < -0.39 is 34.9 Å². The number of aliphatic carboxylic acids is 1. The zero-order chi connectivity index (χ0) is 18.6. The highest BCUT2D eigenvalue weighted by Crippen LogP contribution is 2.27. The molecule has 0 aromatic heterocycles. The summed E-state index contributed by atoms with van der Waals surface area (Å²) >= 11 is 0. The molecule has 3 N–H and O–H groups in total. The zero-order valence-corrected chi connectivity index (χ0v) is 12.6. The highest BCUT2D eigenvalue weighted by atomic mass is 16.6. The van der Waals surface area contributed by atoms with Crippen molar-refractivity contribution in [3.8, 4) is 0 Å². The van der Waals surface area contributed by atoms with Crippen LogP contribution in [0.25, 0.3) is 0 Å².